The molecule has 10 heteroatoms. The van der Waals surface area contributed by atoms with Crippen molar-refractivity contribution in [2.75, 3.05) is 0 Å². The number of amides is 1. The first-order chi connectivity index (χ1) is 16.1. The molecule has 5 rings (SSSR count). The first-order valence-electron chi connectivity index (χ1n) is 11.0. The Morgan fingerprint density at radius 1 is 1.21 bits per heavy atom. The molecule has 0 saturated heterocycles. The number of hydrogen-bond acceptors (Lipinski definition) is 6. The number of carbonyl (C=O) groups is 1. The van der Waals surface area contributed by atoms with Crippen molar-refractivity contribution in [2.24, 2.45) is 0 Å². The van der Waals surface area contributed by atoms with E-state index in [2.05, 4.69) is 25.5 Å². The van der Waals surface area contributed by atoms with E-state index in [1.807, 2.05) is 37.3 Å². The van der Waals surface area contributed by atoms with E-state index in [1.54, 1.807) is 17.0 Å². The molecule has 0 aliphatic heterocycles. The highest BCUT2D eigenvalue weighted by atomic mass is 16.2. The second kappa shape index (κ2) is 8.45. The predicted octanol–water partition coefficient (Wildman–Crippen LogP) is 1.88. The van der Waals surface area contributed by atoms with Crippen molar-refractivity contribution in [3.05, 3.63) is 80.6 Å². The first-order valence-corrected chi connectivity index (χ1v) is 11.0. The van der Waals surface area contributed by atoms with Gasteiger partial charge in [-0.1, -0.05) is 25.1 Å². The molecule has 1 saturated carbocycles. The lowest BCUT2D eigenvalue weighted by Gasteiger charge is -2.13. The van der Waals surface area contributed by atoms with Crippen LogP contribution in [0.3, 0.4) is 0 Å². The van der Waals surface area contributed by atoms with Crippen molar-refractivity contribution in [1.29, 1.82) is 0 Å². The molecule has 1 aromatic carbocycles. The van der Waals surface area contributed by atoms with E-state index < -0.39 is 17.2 Å². The normalized spacial score (nSPS) is 13.4. The van der Waals surface area contributed by atoms with E-state index in [0.717, 1.165) is 24.2 Å². The number of fused-ring (bicyclic) bond motifs is 1. The van der Waals surface area contributed by atoms with Crippen LogP contribution in [0, 0.1) is 0 Å². The van der Waals surface area contributed by atoms with E-state index in [1.165, 1.54) is 4.57 Å². The molecule has 4 aromatic rings. The Balaban J connectivity index is 1.53. The number of aromatic nitrogens is 6. The Morgan fingerprint density at radius 3 is 2.73 bits per heavy atom. The number of aromatic amines is 1. The molecule has 10 nitrogen and oxygen atoms in total. The molecule has 1 aliphatic carbocycles. The van der Waals surface area contributed by atoms with Gasteiger partial charge in [0.2, 0.25) is 0 Å². The third-order valence-corrected chi connectivity index (χ3v) is 5.72. The van der Waals surface area contributed by atoms with E-state index in [9.17, 15) is 14.4 Å². The standard InChI is InChI=1S/C23H23N7O3/c1-2-10-29-20-19(22(32)27-23(29)33)16(11-17(26-20)14-8-9-14)21(31)24-12-18-28-25-13-30(18)15-6-4-3-5-7-15/h3-7,11,13-14H,2,8-10,12H2,1H3,(H,24,31)(H,27,32,33). The zero-order valence-electron chi connectivity index (χ0n) is 18.1. The Labute approximate surface area is 188 Å². The Morgan fingerprint density at radius 2 is 2.00 bits per heavy atom. The van der Waals surface area contributed by atoms with Gasteiger partial charge in [0.05, 0.1) is 17.5 Å². The number of hydrogen-bond donors (Lipinski definition) is 2. The summed E-state index contributed by atoms with van der Waals surface area (Å²) in [5.74, 6) is 0.359. The predicted molar refractivity (Wildman–Crippen MR) is 121 cm³/mol. The number of aryl methyl sites for hydroxylation is 1. The summed E-state index contributed by atoms with van der Waals surface area (Å²) in [6.07, 6.45) is 4.22. The van der Waals surface area contributed by atoms with E-state index in [0.29, 0.717) is 18.8 Å². The van der Waals surface area contributed by atoms with Crippen LogP contribution in [0.1, 0.15) is 54.0 Å². The van der Waals surface area contributed by atoms with E-state index in [-0.39, 0.29) is 29.1 Å². The van der Waals surface area contributed by atoms with Crippen molar-refractivity contribution in [3.8, 4) is 5.69 Å². The van der Waals surface area contributed by atoms with Crippen LogP contribution in [-0.2, 0) is 13.1 Å². The maximum absolute atomic E-state index is 13.3. The fourth-order valence-electron chi connectivity index (χ4n) is 3.93. The van der Waals surface area contributed by atoms with Crippen LogP contribution in [0.4, 0.5) is 0 Å². The summed E-state index contributed by atoms with van der Waals surface area (Å²) < 4.78 is 3.22. The van der Waals surface area contributed by atoms with Gasteiger partial charge in [0, 0.05) is 23.8 Å². The van der Waals surface area contributed by atoms with E-state index in [4.69, 9.17) is 0 Å². The zero-order chi connectivity index (χ0) is 22.9. The fraction of sp³-hybridized carbons (Fsp3) is 0.304. The molecule has 168 valence electrons. The average molecular weight is 445 g/mol. The van der Waals surface area contributed by atoms with Crippen LogP contribution in [-0.4, -0.2) is 35.2 Å². The van der Waals surface area contributed by atoms with Gasteiger partial charge in [0.25, 0.3) is 11.5 Å². The second-order valence-corrected chi connectivity index (χ2v) is 8.11. The van der Waals surface area contributed by atoms with Gasteiger partial charge in [0.1, 0.15) is 6.33 Å². The van der Waals surface area contributed by atoms with Crippen LogP contribution in [0.15, 0.2) is 52.3 Å². The van der Waals surface area contributed by atoms with Gasteiger partial charge < -0.3 is 5.32 Å². The van der Waals surface area contributed by atoms with Crippen molar-refractivity contribution < 1.29 is 4.79 Å². The summed E-state index contributed by atoms with van der Waals surface area (Å²) >= 11 is 0. The minimum Gasteiger partial charge on any atom is -0.345 e. The molecule has 0 spiro atoms. The number of pyridine rings is 1. The van der Waals surface area contributed by atoms with Crippen LogP contribution in [0.2, 0.25) is 0 Å². The molecule has 1 fully saturated rings. The molecule has 3 aromatic heterocycles. The molecule has 0 radical (unpaired) electrons. The lowest BCUT2D eigenvalue weighted by Crippen LogP contribution is -2.33. The number of rotatable bonds is 7. The molecule has 0 bridgehead atoms. The molecule has 0 unspecified atom stereocenters. The molecular formula is C23H23N7O3. The average Bonchev–Trinajstić information content (AvgIpc) is 3.57. The topological polar surface area (TPSA) is 128 Å². The number of nitrogens with one attached hydrogen (secondary N) is 2. The third-order valence-electron chi connectivity index (χ3n) is 5.72. The van der Waals surface area contributed by atoms with Gasteiger partial charge in [-0.05, 0) is 37.5 Å². The molecule has 2 N–H and O–H groups in total. The fourth-order valence-corrected chi connectivity index (χ4v) is 3.93. The van der Waals surface area contributed by atoms with Crippen LogP contribution in [0.5, 0.6) is 0 Å². The van der Waals surface area contributed by atoms with Crippen LogP contribution >= 0.6 is 0 Å². The summed E-state index contributed by atoms with van der Waals surface area (Å²) in [4.78, 5) is 45.4. The summed E-state index contributed by atoms with van der Waals surface area (Å²) in [7, 11) is 0. The quantitative estimate of drug-likeness (QED) is 0.447. The van der Waals surface area contributed by atoms with Crippen molar-refractivity contribution in [1.82, 2.24) is 34.6 Å². The molecule has 1 amide bonds. The highest BCUT2D eigenvalue weighted by Gasteiger charge is 2.28. The molecule has 3 heterocycles. The van der Waals surface area contributed by atoms with Crippen molar-refractivity contribution in [3.63, 3.8) is 0 Å². The van der Waals surface area contributed by atoms with Gasteiger partial charge in [-0.25, -0.2) is 9.78 Å². The molecule has 1 aliphatic rings. The van der Waals surface area contributed by atoms with E-state index >= 15 is 0 Å². The van der Waals surface area contributed by atoms with Gasteiger partial charge in [0.15, 0.2) is 11.5 Å². The molecular weight excluding hydrogens is 422 g/mol. The van der Waals surface area contributed by atoms with Gasteiger partial charge in [-0.2, -0.15) is 0 Å². The summed E-state index contributed by atoms with van der Waals surface area (Å²) in [6, 6.07) is 11.2. The Hall–Kier alpha value is -4.08. The molecule has 33 heavy (non-hydrogen) atoms. The maximum Gasteiger partial charge on any atom is 0.329 e. The smallest absolute Gasteiger partial charge is 0.329 e. The number of carbonyl (C=O) groups excluding carboxylic acids is 1. The zero-order valence-corrected chi connectivity index (χ0v) is 18.1. The molecule has 0 atom stereocenters. The highest BCUT2D eigenvalue weighted by molar-refractivity contribution is 6.05. The number of benzene rings is 1. The minimum atomic E-state index is -0.616. The van der Waals surface area contributed by atoms with Crippen molar-refractivity contribution >= 4 is 16.9 Å². The summed E-state index contributed by atoms with van der Waals surface area (Å²) in [5.41, 5.74) is 0.936. The van der Waals surface area contributed by atoms with Crippen molar-refractivity contribution in [2.45, 2.75) is 45.2 Å². The third kappa shape index (κ3) is 3.95. The van der Waals surface area contributed by atoms with Gasteiger partial charge in [-0.3, -0.25) is 23.7 Å². The lowest BCUT2D eigenvalue weighted by atomic mass is 10.1. The van der Waals surface area contributed by atoms with Gasteiger partial charge >= 0.3 is 5.69 Å². The first kappa shape index (κ1) is 20.8. The second-order valence-electron chi connectivity index (χ2n) is 8.11. The van der Waals surface area contributed by atoms with Crippen LogP contribution < -0.4 is 16.6 Å². The number of nitrogens with zero attached hydrogens (tertiary/aromatic N) is 5. The Bertz CT molecular complexity index is 1450. The van der Waals surface area contributed by atoms with Crippen LogP contribution in [0.25, 0.3) is 16.7 Å². The number of H-pyrrole nitrogens is 1. The summed E-state index contributed by atoms with van der Waals surface area (Å²) in [6.45, 7) is 2.45. The SMILES string of the molecule is CCCn1c(=O)[nH]c(=O)c2c(C(=O)NCc3nncn3-c3ccccc3)cc(C3CC3)nc21. The van der Waals surface area contributed by atoms with Gasteiger partial charge in [-0.15, -0.1) is 10.2 Å². The lowest BCUT2D eigenvalue weighted by molar-refractivity contribution is 0.0951. The monoisotopic (exact) mass is 445 g/mol. The number of para-hydroxylation sites is 1. The highest BCUT2D eigenvalue weighted by Crippen LogP contribution is 2.39. The minimum absolute atomic E-state index is 0.114. The summed E-state index contributed by atoms with van der Waals surface area (Å²) in [5, 5.41) is 11.0. The Kier molecular flexibility index (Phi) is 5.33. The maximum atomic E-state index is 13.3. The largest absolute Gasteiger partial charge is 0.345 e.